The van der Waals surface area contributed by atoms with Gasteiger partial charge in [-0.05, 0) is 31.4 Å². The largest absolute Gasteiger partial charge is 0.351 e. The van der Waals surface area contributed by atoms with Gasteiger partial charge >= 0.3 is 6.03 Å². The van der Waals surface area contributed by atoms with Gasteiger partial charge in [-0.15, -0.1) is 10.2 Å². The third-order valence-electron chi connectivity index (χ3n) is 3.47. The maximum atomic E-state index is 12.2. The summed E-state index contributed by atoms with van der Waals surface area (Å²) in [6.45, 7) is 7.84. The summed E-state index contributed by atoms with van der Waals surface area (Å²) in [7, 11) is 0. The number of urea groups is 1. The van der Waals surface area contributed by atoms with Gasteiger partial charge in [0.05, 0.1) is 10.9 Å². The molecule has 128 valence electrons. The normalized spacial score (nSPS) is 12.2. The molecule has 0 aliphatic heterocycles. The van der Waals surface area contributed by atoms with E-state index in [0.29, 0.717) is 5.16 Å². The Kier molecular flexibility index (Phi) is 5.61. The van der Waals surface area contributed by atoms with Crippen LogP contribution in [-0.4, -0.2) is 32.0 Å². The summed E-state index contributed by atoms with van der Waals surface area (Å²) in [4.78, 5) is 23.1. The number of thioether (sulfide) groups is 1. The minimum atomic E-state index is -0.859. The number of carbonyl (C=O) groups is 2. The molecule has 7 nitrogen and oxygen atoms in total. The predicted octanol–water partition coefficient (Wildman–Crippen LogP) is 2.20. The standard InChI is InChI=1S/C16H21N5O2S/c1-9(2)13(14(22)19-15(17)23)24-16-20-18-8-21(16)12-6-5-10(3)7-11(12)4/h5-9,13H,1-4H3,(H3,17,19,22,23)/t13-/m1/s1. The average Bonchev–Trinajstić information content (AvgIpc) is 2.91. The number of nitrogens with zero attached hydrogens (tertiary/aromatic N) is 3. The number of rotatable bonds is 5. The molecule has 1 aromatic heterocycles. The summed E-state index contributed by atoms with van der Waals surface area (Å²) >= 11 is 1.26. The van der Waals surface area contributed by atoms with E-state index < -0.39 is 17.2 Å². The zero-order valence-electron chi connectivity index (χ0n) is 14.1. The van der Waals surface area contributed by atoms with Crippen LogP contribution < -0.4 is 11.1 Å². The van der Waals surface area contributed by atoms with E-state index in [1.165, 1.54) is 17.3 Å². The average molecular weight is 347 g/mol. The van der Waals surface area contributed by atoms with Crippen molar-refractivity contribution in [2.75, 3.05) is 0 Å². The van der Waals surface area contributed by atoms with Crippen LogP contribution in [0.1, 0.15) is 25.0 Å². The van der Waals surface area contributed by atoms with Gasteiger partial charge in [0.15, 0.2) is 5.16 Å². The van der Waals surface area contributed by atoms with Crippen LogP contribution >= 0.6 is 11.8 Å². The lowest BCUT2D eigenvalue weighted by Gasteiger charge is -2.19. The highest BCUT2D eigenvalue weighted by Gasteiger charge is 2.27. The van der Waals surface area contributed by atoms with Gasteiger partial charge in [0, 0.05) is 0 Å². The van der Waals surface area contributed by atoms with Crippen molar-refractivity contribution in [3.63, 3.8) is 0 Å². The molecule has 0 aliphatic carbocycles. The number of benzene rings is 1. The van der Waals surface area contributed by atoms with Gasteiger partial charge < -0.3 is 5.73 Å². The molecular formula is C16H21N5O2S. The number of amides is 3. The van der Waals surface area contributed by atoms with Crippen LogP contribution in [0.3, 0.4) is 0 Å². The second-order valence-electron chi connectivity index (χ2n) is 5.91. The molecule has 2 rings (SSSR count). The Hall–Kier alpha value is -2.35. The van der Waals surface area contributed by atoms with E-state index in [1.54, 1.807) is 6.33 Å². The Bertz CT molecular complexity index is 757. The Morgan fingerprint density at radius 2 is 2.00 bits per heavy atom. The predicted molar refractivity (Wildman–Crippen MR) is 93.0 cm³/mol. The van der Waals surface area contributed by atoms with E-state index in [0.717, 1.165) is 11.3 Å². The van der Waals surface area contributed by atoms with Crippen LogP contribution in [0, 0.1) is 19.8 Å². The molecule has 0 fully saturated rings. The third-order valence-corrected chi connectivity index (χ3v) is 4.97. The molecule has 0 radical (unpaired) electrons. The van der Waals surface area contributed by atoms with Crippen LogP contribution in [-0.2, 0) is 4.79 Å². The van der Waals surface area contributed by atoms with Gasteiger partial charge in [0.25, 0.3) is 0 Å². The molecule has 2 aromatic rings. The second kappa shape index (κ2) is 7.48. The summed E-state index contributed by atoms with van der Waals surface area (Å²) in [5.41, 5.74) is 8.25. The Labute approximate surface area is 145 Å². The zero-order chi connectivity index (χ0) is 17.9. The summed E-state index contributed by atoms with van der Waals surface area (Å²) in [6.07, 6.45) is 1.61. The SMILES string of the molecule is Cc1ccc(-n2cnnc2S[C@@H](C(=O)NC(N)=O)C(C)C)c(C)c1. The van der Waals surface area contributed by atoms with Crippen molar-refractivity contribution in [3.05, 3.63) is 35.7 Å². The molecule has 0 bridgehead atoms. The summed E-state index contributed by atoms with van der Waals surface area (Å²) < 4.78 is 1.84. The fourth-order valence-electron chi connectivity index (χ4n) is 2.34. The van der Waals surface area contributed by atoms with Gasteiger partial charge in [-0.1, -0.05) is 43.3 Å². The van der Waals surface area contributed by atoms with Crippen molar-refractivity contribution in [3.8, 4) is 5.69 Å². The van der Waals surface area contributed by atoms with Crippen molar-refractivity contribution < 1.29 is 9.59 Å². The highest BCUT2D eigenvalue weighted by molar-refractivity contribution is 8.00. The maximum absolute atomic E-state index is 12.2. The Morgan fingerprint density at radius 3 is 2.58 bits per heavy atom. The number of hydrogen-bond donors (Lipinski definition) is 2. The quantitative estimate of drug-likeness (QED) is 0.807. The number of primary amides is 1. The second-order valence-corrected chi connectivity index (χ2v) is 7.02. The van der Waals surface area contributed by atoms with E-state index in [4.69, 9.17) is 5.73 Å². The van der Waals surface area contributed by atoms with Crippen LogP contribution in [0.25, 0.3) is 5.69 Å². The third kappa shape index (κ3) is 4.14. The molecule has 3 N–H and O–H groups in total. The smallest absolute Gasteiger partial charge is 0.318 e. The van der Waals surface area contributed by atoms with E-state index in [-0.39, 0.29) is 5.92 Å². The molecule has 1 heterocycles. The fourth-order valence-corrected chi connectivity index (χ4v) is 3.36. The van der Waals surface area contributed by atoms with Gasteiger partial charge in [-0.2, -0.15) is 0 Å². The van der Waals surface area contributed by atoms with Crippen molar-refractivity contribution in [1.29, 1.82) is 0 Å². The molecule has 24 heavy (non-hydrogen) atoms. The van der Waals surface area contributed by atoms with Crippen molar-refractivity contribution in [2.45, 2.75) is 38.1 Å². The summed E-state index contributed by atoms with van der Waals surface area (Å²) in [6, 6.07) is 5.22. The van der Waals surface area contributed by atoms with E-state index in [1.807, 2.05) is 44.4 Å². The zero-order valence-corrected chi connectivity index (χ0v) is 14.9. The van der Waals surface area contributed by atoms with E-state index in [9.17, 15) is 9.59 Å². The van der Waals surface area contributed by atoms with Crippen molar-refractivity contribution >= 4 is 23.7 Å². The van der Waals surface area contributed by atoms with Crippen molar-refractivity contribution in [1.82, 2.24) is 20.1 Å². The van der Waals surface area contributed by atoms with Gasteiger partial charge in [0.2, 0.25) is 5.91 Å². The minimum absolute atomic E-state index is 0.0152. The van der Waals surface area contributed by atoms with Crippen molar-refractivity contribution in [2.24, 2.45) is 11.7 Å². The summed E-state index contributed by atoms with van der Waals surface area (Å²) in [5.74, 6) is -0.448. The molecule has 0 saturated carbocycles. The number of aromatic nitrogens is 3. The molecule has 8 heteroatoms. The lowest BCUT2D eigenvalue weighted by molar-refractivity contribution is -0.120. The van der Waals surface area contributed by atoms with Crippen LogP contribution in [0.4, 0.5) is 4.79 Å². The first-order chi connectivity index (χ1) is 11.3. The lowest BCUT2D eigenvalue weighted by Crippen LogP contribution is -2.42. The fraction of sp³-hybridized carbons (Fsp3) is 0.375. The number of nitrogens with two attached hydrogens (primary N) is 1. The van der Waals surface area contributed by atoms with E-state index in [2.05, 4.69) is 21.6 Å². The maximum Gasteiger partial charge on any atom is 0.318 e. The van der Waals surface area contributed by atoms with E-state index >= 15 is 0 Å². The highest BCUT2D eigenvalue weighted by Crippen LogP contribution is 2.29. The molecule has 1 aromatic carbocycles. The number of hydrogen-bond acceptors (Lipinski definition) is 5. The number of imide groups is 1. The van der Waals surface area contributed by atoms with Gasteiger partial charge in [-0.3, -0.25) is 14.7 Å². The number of nitrogens with one attached hydrogen (secondary N) is 1. The first kappa shape index (κ1) is 18.0. The topological polar surface area (TPSA) is 103 Å². The van der Waals surface area contributed by atoms with Gasteiger partial charge in [0.1, 0.15) is 6.33 Å². The molecular weight excluding hydrogens is 326 g/mol. The molecule has 3 amide bonds. The Balaban J connectivity index is 2.31. The van der Waals surface area contributed by atoms with Crippen LogP contribution in [0.5, 0.6) is 0 Å². The first-order valence-corrected chi connectivity index (χ1v) is 8.42. The molecule has 0 aliphatic rings. The Morgan fingerprint density at radius 1 is 1.29 bits per heavy atom. The lowest BCUT2D eigenvalue weighted by atomic mass is 10.1. The first-order valence-electron chi connectivity index (χ1n) is 7.54. The molecule has 0 saturated heterocycles. The number of aryl methyl sites for hydroxylation is 2. The highest BCUT2D eigenvalue weighted by atomic mass is 32.2. The van der Waals surface area contributed by atoms with Crippen LogP contribution in [0.15, 0.2) is 29.7 Å². The number of carbonyl (C=O) groups excluding carboxylic acids is 2. The minimum Gasteiger partial charge on any atom is -0.351 e. The molecule has 0 spiro atoms. The molecule has 0 unspecified atom stereocenters. The monoisotopic (exact) mass is 347 g/mol. The molecule has 1 atom stereocenters. The summed E-state index contributed by atoms with van der Waals surface area (Å²) in [5, 5.41) is 10.3. The van der Waals surface area contributed by atoms with Crippen LogP contribution in [0.2, 0.25) is 0 Å². The van der Waals surface area contributed by atoms with Gasteiger partial charge in [-0.25, -0.2) is 4.79 Å².